The second kappa shape index (κ2) is 17.0. The summed E-state index contributed by atoms with van der Waals surface area (Å²) >= 11 is 12.3. The third-order valence-electron chi connectivity index (χ3n) is 5.45. The van der Waals surface area contributed by atoms with Gasteiger partial charge in [-0.3, -0.25) is 14.4 Å². The molecule has 0 atom stereocenters. The highest BCUT2D eigenvalue weighted by molar-refractivity contribution is 6.31. The number of hydrogen-bond acceptors (Lipinski definition) is 13. The SMILES string of the molecule is COOc1cc(Cl)cc(C(=O)N(CCCN(C)C(=O)c2cc(Cl)cc(OC(=O)OC)c2OOC)CC(N)=O)c1OC(=O)OC. The minimum atomic E-state index is -1.18. The zero-order chi connectivity index (χ0) is 33.0. The van der Waals surface area contributed by atoms with E-state index < -0.39 is 42.3 Å². The highest BCUT2D eigenvalue weighted by Crippen LogP contribution is 2.37. The lowest BCUT2D eigenvalue weighted by molar-refractivity contribution is -0.179. The second-order valence-corrected chi connectivity index (χ2v) is 9.32. The number of methoxy groups -OCH3 is 2. The molecule has 16 nitrogen and oxygen atoms in total. The molecular formula is C26H29Cl2N3O13. The molecule has 2 N–H and O–H groups in total. The normalized spacial score (nSPS) is 10.3. The van der Waals surface area contributed by atoms with Gasteiger partial charge < -0.3 is 44.3 Å². The minimum Gasteiger partial charge on any atom is -0.437 e. The molecule has 0 saturated carbocycles. The smallest absolute Gasteiger partial charge is 0.437 e. The van der Waals surface area contributed by atoms with E-state index in [0.717, 1.165) is 19.1 Å². The van der Waals surface area contributed by atoms with Gasteiger partial charge >= 0.3 is 12.3 Å². The van der Waals surface area contributed by atoms with Crippen LogP contribution in [0.2, 0.25) is 10.0 Å². The Morgan fingerprint density at radius 1 is 0.727 bits per heavy atom. The molecule has 0 aliphatic heterocycles. The Hall–Kier alpha value is -4.51. The van der Waals surface area contributed by atoms with E-state index in [0.29, 0.717) is 0 Å². The number of benzene rings is 2. The Kier molecular flexibility index (Phi) is 13.7. The first kappa shape index (κ1) is 35.7. The van der Waals surface area contributed by atoms with Crippen LogP contribution in [0.3, 0.4) is 0 Å². The zero-order valence-electron chi connectivity index (χ0n) is 24.2. The fourth-order valence-corrected chi connectivity index (χ4v) is 4.05. The molecule has 0 radical (unpaired) electrons. The van der Waals surface area contributed by atoms with E-state index in [2.05, 4.69) is 19.2 Å². The highest BCUT2D eigenvalue weighted by atomic mass is 35.5. The van der Waals surface area contributed by atoms with Crippen LogP contribution >= 0.6 is 23.2 Å². The van der Waals surface area contributed by atoms with Gasteiger partial charge in [0, 0.05) is 42.3 Å². The summed E-state index contributed by atoms with van der Waals surface area (Å²) in [6.45, 7) is -0.639. The summed E-state index contributed by atoms with van der Waals surface area (Å²) in [4.78, 5) is 84.0. The fraction of sp³-hybridized carbons (Fsp3) is 0.346. The van der Waals surface area contributed by atoms with Crippen molar-refractivity contribution in [2.75, 3.05) is 55.1 Å². The van der Waals surface area contributed by atoms with Gasteiger partial charge in [-0.15, -0.1) is 0 Å². The topological polar surface area (TPSA) is 192 Å². The van der Waals surface area contributed by atoms with Gasteiger partial charge in [0.2, 0.25) is 17.4 Å². The van der Waals surface area contributed by atoms with Crippen molar-refractivity contribution in [3.8, 4) is 23.0 Å². The van der Waals surface area contributed by atoms with E-state index in [1.165, 1.54) is 50.4 Å². The van der Waals surface area contributed by atoms with E-state index >= 15 is 0 Å². The summed E-state index contributed by atoms with van der Waals surface area (Å²) in [6.07, 6.45) is -2.16. The highest BCUT2D eigenvalue weighted by Gasteiger charge is 2.28. The summed E-state index contributed by atoms with van der Waals surface area (Å²) in [5.74, 6) is -3.44. The molecule has 2 rings (SSSR count). The average Bonchev–Trinajstić information content (AvgIpc) is 2.97. The summed E-state index contributed by atoms with van der Waals surface area (Å²) in [7, 11) is 5.91. The first-order valence-corrected chi connectivity index (χ1v) is 13.0. The summed E-state index contributed by atoms with van der Waals surface area (Å²) in [6, 6.07) is 4.88. The molecule has 0 saturated heterocycles. The van der Waals surface area contributed by atoms with Gasteiger partial charge in [-0.25, -0.2) is 9.59 Å². The number of hydrogen-bond donors (Lipinski definition) is 1. The van der Waals surface area contributed by atoms with Gasteiger partial charge in [-0.2, -0.15) is 9.78 Å². The maximum atomic E-state index is 13.6. The molecule has 0 fully saturated rings. The largest absolute Gasteiger partial charge is 0.513 e. The first-order chi connectivity index (χ1) is 20.9. The van der Waals surface area contributed by atoms with E-state index in [1.807, 2.05) is 0 Å². The number of nitrogens with zero attached hydrogens (tertiary/aromatic N) is 2. The molecule has 0 aliphatic carbocycles. The molecule has 0 heterocycles. The number of halogens is 2. The lowest BCUT2D eigenvalue weighted by atomic mass is 10.1. The predicted molar refractivity (Wildman–Crippen MR) is 151 cm³/mol. The molecule has 3 amide bonds. The van der Waals surface area contributed by atoms with Crippen LogP contribution in [0.5, 0.6) is 23.0 Å². The summed E-state index contributed by atoms with van der Waals surface area (Å²) in [5, 5.41) is 0.0405. The van der Waals surface area contributed by atoms with Crippen molar-refractivity contribution >= 4 is 53.2 Å². The summed E-state index contributed by atoms with van der Waals surface area (Å²) in [5.41, 5.74) is 4.97. The van der Waals surface area contributed by atoms with Crippen molar-refractivity contribution in [2.24, 2.45) is 5.73 Å². The lowest BCUT2D eigenvalue weighted by Crippen LogP contribution is -2.40. The Morgan fingerprint density at radius 3 is 1.82 bits per heavy atom. The number of carbonyl (C=O) groups excluding carboxylic acids is 5. The van der Waals surface area contributed by atoms with Crippen molar-refractivity contribution in [2.45, 2.75) is 6.42 Å². The monoisotopic (exact) mass is 661 g/mol. The van der Waals surface area contributed by atoms with Crippen LogP contribution in [-0.4, -0.2) is 95.0 Å². The maximum absolute atomic E-state index is 13.6. The van der Waals surface area contributed by atoms with Crippen LogP contribution in [0.25, 0.3) is 0 Å². The van der Waals surface area contributed by atoms with Crippen molar-refractivity contribution in [1.29, 1.82) is 0 Å². The Morgan fingerprint density at radius 2 is 1.27 bits per heavy atom. The molecule has 0 aliphatic rings. The van der Waals surface area contributed by atoms with Crippen LogP contribution in [-0.2, 0) is 24.0 Å². The molecule has 0 aromatic heterocycles. The molecule has 0 unspecified atom stereocenters. The standard InChI is InChI=1S/C26H29Cl2N3O13/c1-30(23(33)17-10-14(27)11-18(22(17)44-40-5)41-25(35)37-2)7-6-8-31(13-20(29)32)24(34)16-9-15(28)12-19(43-39-4)21(16)42-26(36)38-3/h9-12H,6-8,13H2,1-5H3,(H2,29,32). The molecule has 2 aromatic rings. The number of nitrogens with two attached hydrogens (primary N) is 1. The number of amides is 3. The molecule has 0 spiro atoms. The van der Waals surface area contributed by atoms with Crippen molar-refractivity contribution in [3.63, 3.8) is 0 Å². The predicted octanol–water partition coefficient (Wildman–Crippen LogP) is 3.25. The number of ether oxygens (including phenoxy) is 4. The second-order valence-electron chi connectivity index (χ2n) is 8.45. The van der Waals surface area contributed by atoms with Gasteiger partial charge in [-0.1, -0.05) is 23.2 Å². The van der Waals surface area contributed by atoms with Gasteiger partial charge in [0.15, 0.2) is 11.5 Å². The maximum Gasteiger partial charge on any atom is 0.513 e. The molecular weight excluding hydrogens is 633 g/mol. The van der Waals surface area contributed by atoms with E-state index in [4.69, 9.17) is 48.2 Å². The van der Waals surface area contributed by atoms with Gasteiger partial charge in [0.05, 0.1) is 46.1 Å². The Balaban J connectivity index is 2.32. The van der Waals surface area contributed by atoms with Crippen LogP contribution < -0.4 is 25.0 Å². The third-order valence-corrected chi connectivity index (χ3v) is 5.89. The quantitative estimate of drug-likeness (QED) is 0.134. The van der Waals surface area contributed by atoms with E-state index in [-0.39, 0.29) is 57.9 Å². The minimum absolute atomic E-state index is 0.00752. The molecule has 2 aromatic carbocycles. The van der Waals surface area contributed by atoms with Crippen LogP contribution in [0.1, 0.15) is 27.1 Å². The third kappa shape index (κ3) is 9.77. The van der Waals surface area contributed by atoms with Gasteiger partial charge in [0.25, 0.3) is 11.8 Å². The molecule has 18 heteroatoms. The number of primary amides is 1. The fourth-order valence-electron chi connectivity index (χ4n) is 3.63. The van der Waals surface area contributed by atoms with Crippen molar-refractivity contribution < 1.29 is 62.5 Å². The van der Waals surface area contributed by atoms with Crippen LogP contribution in [0.4, 0.5) is 9.59 Å². The zero-order valence-corrected chi connectivity index (χ0v) is 25.7. The van der Waals surface area contributed by atoms with Crippen LogP contribution in [0.15, 0.2) is 24.3 Å². The van der Waals surface area contributed by atoms with Gasteiger partial charge in [-0.05, 0) is 18.6 Å². The van der Waals surface area contributed by atoms with E-state index in [9.17, 15) is 24.0 Å². The number of carbonyl (C=O) groups is 5. The Labute approximate surface area is 261 Å². The lowest BCUT2D eigenvalue weighted by Gasteiger charge is -2.25. The average molecular weight is 662 g/mol. The molecule has 0 bridgehead atoms. The number of rotatable bonds is 14. The summed E-state index contributed by atoms with van der Waals surface area (Å²) < 4.78 is 19.1. The van der Waals surface area contributed by atoms with Crippen LogP contribution in [0, 0.1) is 0 Å². The van der Waals surface area contributed by atoms with Crippen molar-refractivity contribution in [1.82, 2.24) is 9.80 Å². The van der Waals surface area contributed by atoms with Crippen molar-refractivity contribution in [3.05, 3.63) is 45.4 Å². The molecule has 44 heavy (non-hydrogen) atoms. The Bertz CT molecular complexity index is 1390. The molecule has 240 valence electrons. The van der Waals surface area contributed by atoms with Gasteiger partial charge in [0.1, 0.15) is 0 Å². The first-order valence-electron chi connectivity index (χ1n) is 12.3. The van der Waals surface area contributed by atoms with E-state index in [1.54, 1.807) is 0 Å².